The van der Waals surface area contributed by atoms with Gasteiger partial charge in [-0.15, -0.1) is 0 Å². The minimum Gasteiger partial charge on any atom is -0.383 e. The van der Waals surface area contributed by atoms with Crippen molar-refractivity contribution in [1.82, 2.24) is 4.98 Å². The van der Waals surface area contributed by atoms with Gasteiger partial charge >= 0.3 is 0 Å². The summed E-state index contributed by atoms with van der Waals surface area (Å²) in [5.74, 6) is 0.362. The summed E-state index contributed by atoms with van der Waals surface area (Å²) in [5, 5.41) is 15.0. The molecule has 6 nitrogen and oxygen atoms in total. The number of pyridine rings is 1. The maximum atomic E-state index is 10.9. The third-order valence-corrected chi connectivity index (χ3v) is 3.52. The topological polar surface area (TPSA) is 94.1 Å². The number of nitro groups is 1. The molecule has 2 aromatic rings. The second-order valence-electron chi connectivity index (χ2n) is 5.56. The van der Waals surface area contributed by atoms with Crippen LogP contribution in [0.25, 0.3) is 10.9 Å². The van der Waals surface area contributed by atoms with Gasteiger partial charge in [-0.05, 0) is 25.0 Å². The highest BCUT2D eigenvalue weighted by atomic mass is 16.6. The van der Waals surface area contributed by atoms with Gasteiger partial charge in [0, 0.05) is 41.5 Å². The molecule has 0 radical (unpaired) electrons. The SMILES string of the molecule is Cc1cc(NCC(N)C(C)C)c2cc([N+](=O)[O-])ccc2n1. The van der Waals surface area contributed by atoms with Crippen LogP contribution in [0.4, 0.5) is 11.4 Å². The van der Waals surface area contributed by atoms with E-state index in [-0.39, 0.29) is 11.7 Å². The van der Waals surface area contributed by atoms with Crippen molar-refractivity contribution in [3.63, 3.8) is 0 Å². The van der Waals surface area contributed by atoms with Crippen molar-refractivity contribution in [3.8, 4) is 0 Å². The minimum atomic E-state index is -0.400. The van der Waals surface area contributed by atoms with Gasteiger partial charge in [-0.25, -0.2) is 0 Å². The molecule has 0 aliphatic carbocycles. The first kappa shape index (κ1) is 15.2. The fourth-order valence-electron chi connectivity index (χ4n) is 2.07. The second-order valence-corrected chi connectivity index (χ2v) is 5.56. The van der Waals surface area contributed by atoms with Crippen LogP contribution in [-0.2, 0) is 0 Å². The number of nitrogens with two attached hydrogens (primary N) is 1. The summed E-state index contributed by atoms with van der Waals surface area (Å²) in [7, 11) is 0. The first-order chi connectivity index (χ1) is 9.88. The van der Waals surface area contributed by atoms with Gasteiger partial charge in [0.15, 0.2) is 0 Å². The van der Waals surface area contributed by atoms with E-state index < -0.39 is 4.92 Å². The number of aromatic nitrogens is 1. The number of non-ortho nitro benzene ring substituents is 1. The van der Waals surface area contributed by atoms with Crippen molar-refractivity contribution < 1.29 is 4.92 Å². The Morgan fingerprint density at radius 3 is 2.71 bits per heavy atom. The molecule has 1 aromatic heterocycles. The molecular weight excluding hydrogens is 268 g/mol. The molecule has 0 bridgehead atoms. The molecule has 6 heteroatoms. The molecule has 1 heterocycles. The molecular formula is C15H20N4O2. The van der Waals surface area contributed by atoms with E-state index in [4.69, 9.17) is 5.73 Å². The molecule has 21 heavy (non-hydrogen) atoms. The number of hydrogen-bond donors (Lipinski definition) is 2. The summed E-state index contributed by atoms with van der Waals surface area (Å²) < 4.78 is 0. The summed E-state index contributed by atoms with van der Waals surface area (Å²) >= 11 is 0. The molecule has 0 fully saturated rings. The Balaban J connectivity index is 2.40. The molecule has 2 rings (SSSR count). The van der Waals surface area contributed by atoms with Crippen LogP contribution in [-0.4, -0.2) is 22.5 Å². The molecule has 0 saturated heterocycles. The molecule has 1 unspecified atom stereocenters. The zero-order chi connectivity index (χ0) is 15.6. The van der Waals surface area contributed by atoms with Crippen LogP contribution in [0.2, 0.25) is 0 Å². The van der Waals surface area contributed by atoms with Gasteiger partial charge in [0.05, 0.1) is 10.4 Å². The number of fused-ring (bicyclic) bond motifs is 1. The van der Waals surface area contributed by atoms with Crippen LogP contribution in [0.15, 0.2) is 24.3 Å². The van der Waals surface area contributed by atoms with Crippen molar-refractivity contribution in [2.75, 3.05) is 11.9 Å². The average Bonchev–Trinajstić information content (AvgIpc) is 2.43. The summed E-state index contributed by atoms with van der Waals surface area (Å²) in [5.41, 5.74) is 8.52. The number of nitro benzene ring substituents is 1. The molecule has 0 amide bonds. The van der Waals surface area contributed by atoms with E-state index in [1.165, 1.54) is 6.07 Å². The van der Waals surface area contributed by atoms with Gasteiger partial charge in [-0.2, -0.15) is 0 Å². The lowest BCUT2D eigenvalue weighted by Crippen LogP contribution is -2.34. The van der Waals surface area contributed by atoms with Crippen LogP contribution in [0, 0.1) is 23.0 Å². The Kier molecular flexibility index (Phi) is 4.37. The van der Waals surface area contributed by atoms with Gasteiger partial charge in [0.1, 0.15) is 0 Å². The maximum Gasteiger partial charge on any atom is 0.270 e. The molecule has 112 valence electrons. The van der Waals surface area contributed by atoms with E-state index in [1.807, 2.05) is 13.0 Å². The molecule has 0 aliphatic heterocycles. The lowest BCUT2D eigenvalue weighted by molar-refractivity contribution is -0.384. The molecule has 0 saturated carbocycles. The molecule has 3 N–H and O–H groups in total. The molecule has 1 atom stereocenters. The number of nitrogens with one attached hydrogen (secondary N) is 1. The van der Waals surface area contributed by atoms with E-state index >= 15 is 0 Å². The van der Waals surface area contributed by atoms with Crippen LogP contribution >= 0.6 is 0 Å². The average molecular weight is 288 g/mol. The van der Waals surface area contributed by atoms with Gasteiger partial charge in [-0.3, -0.25) is 15.1 Å². The highest BCUT2D eigenvalue weighted by Crippen LogP contribution is 2.27. The Labute approximate surface area is 123 Å². The van der Waals surface area contributed by atoms with E-state index in [0.29, 0.717) is 12.5 Å². The van der Waals surface area contributed by atoms with Gasteiger partial charge in [0.2, 0.25) is 0 Å². The smallest absolute Gasteiger partial charge is 0.270 e. The zero-order valence-electron chi connectivity index (χ0n) is 12.5. The number of rotatable bonds is 5. The third kappa shape index (κ3) is 3.46. The fraction of sp³-hybridized carbons (Fsp3) is 0.400. The van der Waals surface area contributed by atoms with Crippen molar-refractivity contribution in [1.29, 1.82) is 0 Å². The monoisotopic (exact) mass is 288 g/mol. The lowest BCUT2D eigenvalue weighted by atomic mass is 10.1. The van der Waals surface area contributed by atoms with Crippen molar-refractivity contribution in [2.24, 2.45) is 11.7 Å². The molecule has 1 aromatic carbocycles. The summed E-state index contributed by atoms with van der Waals surface area (Å²) in [6.07, 6.45) is 0. The number of aryl methyl sites for hydroxylation is 1. The summed E-state index contributed by atoms with van der Waals surface area (Å²) in [4.78, 5) is 14.9. The van der Waals surface area contributed by atoms with Crippen LogP contribution < -0.4 is 11.1 Å². The predicted molar refractivity (Wildman–Crippen MR) is 84.4 cm³/mol. The standard InChI is InChI=1S/C15H20N4O2/c1-9(2)13(16)8-17-15-6-10(3)18-14-5-4-11(19(20)21)7-12(14)15/h4-7,9,13H,8,16H2,1-3H3,(H,17,18). The third-order valence-electron chi connectivity index (χ3n) is 3.52. The second kappa shape index (κ2) is 6.05. The summed E-state index contributed by atoms with van der Waals surface area (Å²) in [6.45, 7) is 6.63. The van der Waals surface area contributed by atoms with E-state index in [0.717, 1.165) is 22.3 Å². The van der Waals surface area contributed by atoms with Crippen molar-refractivity contribution >= 4 is 22.3 Å². The van der Waals surface area contributed by atoms with Gasteiger partial charge in [-0.1, -0.05) is 13.8 Å². The Hall–Kier alpha value is -2.21. The quantitative estimate of drug-likeness (QED) is 0.651. The van der Waals surface area contributed by atoms with E-state index in [1.54, 1.807) is 12.1 Å². The first-order valence-corrected chi connectivity index (χ1v) is 6.93. The Bertz CT molecular complexity index is 670. The predicted octanol–water partition coefficient (Wildman–Crippen LogP) is 2.85. The van der Waals surface area contributed by atoms with Crippen molar-refractivity contribution in [2.45, 2.75) is 26.8 Å². The molecule has 0 aliphatic rings. The van der Waals surface area contributed by atoms with Gasteiger partial charge < -0.3 is 11.1 Å². The number of benzene rings is 1. The van der Waals surface area contributed by atoms with Gasteiger partial charge in [0.25, 0.3) is 5.69 Å². The first-order valence-electron chi connectivity index (χ1n) is 6.93. The maximum absolute atomic E-state index is 10.9. The number of hydrogen-bond acceptors (Lipinski definition) is 5. The van der Waals surface area contributed by atoms with Crippen molar-refractivity contribution in [3.05, 3.63) is 40.1 Å². The highest BCUT2D eigenvalue weighted by Gasteiger charge is 2.12. The van der Waals surface area contributed by atoms with E-state index in [2.05, 4.69) is 24.1 Å². The Morgan fingerprint density at radius 1 is 1.38 bits per heavy atom. The van der Waals surface area contributed by atoms with E-state index in [9.17, 15) is 10.1 Å². The lowest BCUT2D eigenvalue weighted by Gasteiger charge is -2.18. The molecule has 0 spiro atoms. The van der Waals surface area contributed by atoms with Crippen LogP contribution in [0.3, 0.4) is 0 Å². The largest absolute Gasteiger partial charge is 0.383 e. The normalized spacial score (nSPS) is 12.6. The van der Waals surface area contributed by atoms with Crippen LogP contribution in [0.5, 0.6) is 0 Å². The number of nitrogens with zero attached hydrogens (tertiary/aromatic N) is 2. The fourth-order valence-corrected chi connectivity index (χ4v) is 2.07. The minimum absolute atomic E-state index is 0.0206. The summed E-state index contributed by atoms with van der Waals surface area (Å²) in [6, 6.07) is 6.60. The zero-order valence-corrected chi connectivity index (χ0v) is 12.5. The van der Waals surface area contributed by atoms with Crippen LogP contribution in [0.1, 0.15) is 19.5 Å². The Morgan fingerprint density at radius 2 is 2.10 bits per heavy atom. The highest BCUT2D eigenvalue weighted by molar-refractivity contribution is 5.93. The number of anilines is 1.